The molecule has 0 atom stereocenters. The Morgan fingerprint density at radius 3 is 1.50 bits per heavy atom. The van der Waals surface area contributed by atoms with Gasteiger partial charge in [0.25, 0.3) is 0 Å². The van der Waals surface area contributed by atoms with Crippen LogP contribution in [0.1, 0.15) is 49.9 Å². The zero-order valence-corrected chi connectivity index (χ0v) is 20.1. The van der Waals surface area contributed by atoms with E-state index in [4.69, 9.17) is 9.31 Å². The average Bonchev–Trinajstić information content (AvgIpc) is 2.80. The summed E-state index contributed by atoms with van der Waals surface area (Å²) in [4.78, 5) is 0. The lowest BCUT2D eigenvalue weighted by atomic mass is 9.78. The van der Waals surface area contributed by atoms with Crippen LogP contribution in [0.4, 0.5) is 26.3 Å². The molecule has 0 amide bonds. The Morgan fingerprint density at radius 2 is 1.12 bits per heavy atom. The van der Waals surface area contributed by atoms with Crippen LogP contribution in [0.3, 0.4) is 0 Å². The maximum atomic E-state index is 12.7. The standard InChI is InChI=1S/C14H18BF3O2.C8H6BrF3/c1-9-8-10(6-7-11(9)14(16,17)18)15-19-12(2,3)13(4,5)20-15;1-5-4-6(9)2-3-7(5)8(10,11)12/h6-8H,1-5H3;2-4H,1H3. The summed E-state index contributed by atoms with van der Waals surface area (Å²) in [6.07, 6.45) is -8.58. The van der Waals surface area contributed by atoms with E-state index in [1.807, 2.05) is 27.7 Å². The van der Waals surface area contributed by atoms with E-state index in [9.17, 15) is 26.3 Å². The number of rotatable bonds is 1. The molecule has 32 heavy (non-hydrogen) atoms. The molecule has 0 saturated carbocycles. The van der Waals surface area contributed by atoms with Gasteiger partial charge < -0.3 is 9.31 Å². The van der Waals surface area contributed by atoms with Gasteiger partial charge in [-0.1, -0.05) is 34.1 Å². The van der Waals surface area contributed by atoms with Crippen molar-refractivity contribution in [2.45, 2.75) is 65.1 Å². The zero-order chi connectivity index (χ0) is 24.7. The number of hydrogen-bond donors (Lipinski definition) is 0. The van der Waals surface area contributed by atoms with Crippen LogP contribution >= 0.6 is 15.9 Å². The van der Waals surface area contributed by atoms with Crippen LogP contribution < -0.4 is 5.46 Å². The fourth-order valence-electron chi connectivity index (χ4n) is 3.08. The molecule has 0 spiro atoms. The van der Waals surface area contributed by atoms with Gasteiger partial charge in [0, 0.05) is 4.47 Å². The summed E-state index contributed by atoms with van der Waals surface area (Å²) < 4.78 is 87.0. The van der Waals surface area contributed by atoms with Gasteiger partial charge in [0.05, 0.1) is 22.3 Å². The summed E-state index contributed by atoms with van der Waals surface area (Å²) in [5.74, 6) is 0. The molecule has 176 valence electrons. The predicted octanol–water partition coefficient (Wildman–Crippen LogP) is 7.09. The Hall–Kier alpha value is -1.52. The van der Waals surface area contributed by atoms with Gasteiger partial charge in [0.2, 0.25) is 0 Å². The van der Waals surface area contributed by atoms with E-state index in [-0.39, 0.29) is 11.1 Å². The van der Waals surface area contributed by atoms with Gasteiger partial charge in [-0.3, -0.25) is 0 Å². The molecule has 0 aliphatic carbocycles. The maximum absolute atomic E-state index is 12.7. The van der Waals surface area contributed by atoms with Crippen molar-refractivity contribution in [3.05, 3.63) is 63.1 Å². The molecular weight excluding hydrogens is 501 g/mol. The molecule has 1 aliphatic rings. The van der Waals surface area contributed by atoms with E-state index < -0.39 is 41.8 Å². The molecule has 1 fully saturated rings. The Labute approximate surface area is 192 Å². The van der Waals surface area contributed by atoms with E-state index in [1.165, 1.54) is 38.1 Å². The van der Waals surface area contributed by atoms with Crippen LogP contribution in [0.25, 0.3) is 0 Å². The van der Waals surface area contributed by atoms with Crippen molar-refractivity contribution in [3.8, 4) is 0 Å². The van der Waals surface area contributed by atoms with Crippen LogP contribution in [0, 0.1) is 13.8 Å². The SMILES string of the molecule is Cc1cc(B2OC(C)(C)C(C)(C)O2)ccc1C(F)(F)F.Cc1cc(Br)ccc1C(F)(F)F. The predicted molar refractivity (Wildman–Crippen MR) is 116 cm³/mol. The molecule has 10 heteroatoms. The molecule has 2 aromatic rings. The van der Waals surface area contributed by atoms with Gasteiger partial charge in [0.1, 0.15) is 0 Å². The first-order valence-corrected chi connectivity index (χ1v) is 10.5. The van der Waals surface area contributed by atoms with Crippen molar-refractivity contribution in [1.29, 1.82) is 0 Å². The van der Waals surface area contributed by atoms with E-state index in [0.717, 1.165) is 12.1 Å². The summed E-state index contributed by atoms with van der Waals surface area (Å²) in [6, 6.07) is 7.87. The zero-order valence-electron chi connectivity index (χ0n) is 18.5. The van der Waals surface area contributed by atoms with Gasteiger partial charge in [0.15, 0.2) is 0 Å². The maximum Gasteiger partial charge on any atom is 0.494 e. The number of aryl methyl sites for hydroxylation is 2. The van der Waals surface area contributed by atoms with Gasteiger partial charge in [-0.25, -0.2) is 0 Å². The lowest BCUT2D eigenvalue weighted by molar-refractivity contribution is -0.138. The molecule has 0 N–H and O–H groups in total. The first-order valence-electron chi connectivity index (χ1n) is 9.72. The average molecular weight is 525 g/mol. The minimum Gasteiger partial charge on any atom is -0.399 e. The summed E-state index contributed by atoms with van der Waals surface area (Å²) in [5.41, 5.74) is -1.21. The molecule has 0 radical (unpaired) electrons. The summed E-state index contributed by atoms with van der Waals surface area (Å²) in [7, 11) is -0.638. The van der Waals surface area contributed by atoms with Crippen LogP contribution in [-0.4, -0.2) is 18.3 Å². The summed E-state index contributed by atoms with van der Waals surface area (Å²) in [5, 5.41) is 0. The largest absolute Gasteiger partial charge is 0.494 e. The number of halogens is 7. The van der Waals surface area contributed by atoms with E-state index in [0.29, 0.717) is 9.94 Å². The second-order valence-electron chi connectivity index (χ2n) is 8.62. The van der Waals surface area contributed by atoms with E-state index in [2.05, 4.69) is 15.9 Å². The van der Waals surface area contributed by atoms with Crippen LogP contribution in [0.15, 0.2) is 40.9 Å². The normalized spacial score (nSPS) is 17.7. The summed E-state index contributed by atoms with van der Waals surface area (Å²) >= 11 is 3.10. The lowest BCUT2D eigenvalue weighted by Gasteiger charge is -2.32. The van der Waals surface area contributed by atoms with Crippen LogP contribution in [-0.2, 0) is 21.7 Å². The first-order chi connectivity index (χ1) is 14.3. The minimum absolute atomic E-state index is 0.171. The lowest BCUT2D eigenvalue weighted by Crippen LogP contribution is -2.41. The highest BCUT2D eigenvalue weighted by atomic mass is 79.9. The molecule has 1 heterocycles. The highest BCUT2D eigenvalue weighted by Crippen LogP contribution is 2.37. The highest BCUT2D eigenvalue weighted by Gasteiger charge is 2.51. The monoisotopic (exact) mass is 524 g/mol. The van der Waals surface area contributed by atoms with Crippen molar-refractivity contribution in [1.82, 2.24) is 0 Å². The fraction of sp³-hybridized carbons (Fsp3) is 0.455. The minimum atomic E-state index is -4.33. The molecule has 0 unspecified atom stereocenters. The Morgan fingerprint density at radius 1 is 0.719 bits per heavy atom. The molecule has 1 saturated heterocycles. The number of benzene rings is 2. The molecule has 2 nitrogen and oxygen atoms in total. The summed E-state index contributed by atoms with van der Waals surface area (Å²) in [6.45, 7) is 10.5. The second-order valence-corrected chi connectivity index (χ2v) is 9.53. The first kappa shape index (κ1) is 26.7. The third-order valence-corrected chi connectivity index (χ3v) is 6.07. The van der Waals surface area contributed by atoms with Crippen molar-refractivity contribution in [3.63, 3.8) is 0 Å². The molecule has 3 rings (SSSR count). The molecule has 2 aromatic carbocycles. The van der Waals surface area contributed by atoms with Crippen molar-refractivity contribution >= 4 is 28.5 Å². The van der Waals surface area contributed by atoms with E-state index in [1.54, 1.807) is 0 Å². The van der Waals surface area contributed by atoms with Crippen LogP contribution in [0.5, 0.6) is 0 Å². The third-order valence-electron chi connectivity index (χ3n) is 5.58. The topological polar surface area (TPSA) is 18.5 Å². The molecule has 1 aliphatic heterocycles. The Balaban J connectivity index is 0.000000258. The molecular formula is C22H24BBrF6O2. The fourth-order valence-corrected chi connectivity index (χ4v) is 3.55. The number of hydrogen-bond acceptors (Lipinski definition) is 2. The Bertz CT molecular complexity index is 954. The molecule has 0 bridgehead atoms. The van der Waals surface area contributed by atoms with Crippen molar-refractivity contribution in [2.75, 3.05) is 0 Å². The van der Waals surface area contributed by atoms with Gasteiger partial charge >= 0.3 is 19.5 Å². The van der Waals surface area contributed by atoms with Gasteiger partial charge in [-0.15, -0.1) is 0 Å². The third kappa shape index (κ3) is 6.08. The highest BCUT2D eigenvalue weighted by molar-refractivity contribution is 9.10. The number of alkyl halides is 6. The molecule has 0 aromatic heterocycles. The van der Waals surface area contributed by atoms with Gasteiger partial charge in [-0.05, 0) is 76.3 Å². The van der Waals surface area contributed by atoms with Crippen molar-refractivity contribution in [2.24, 2.45) is 0 Å². The smallest absolute Gasteiger partial charge is 0.399 e. The second kappa shape index (κ2) is 9.03. The van der Waals surface area contributed by atoms with Gasteiger partial charge in [-0.2, -0.15) is 26.3 Å². The Kier molecular flexibility index (Phi) is 7.54. The van der Waals surface area contributed by atoms with Crippen LogP contribution in [0.2, 0.25) is 0 Å². The van der Waals surface area contributed by atoms with E-state index >= 15 is 0 Å². The van der Waals surface area contributed by atoms with Crippen molar-refractivity contribution < 1.29 is 35.7 Å². The quantitative estimate of drug-likeness (QED) is 0.293.